The number of methoxy groups -OCH3 is 1. The fraction of sp³-hybridized carbons (Fsp3) is 0.391. The molecule has 2 aromatic carbocycles. The molecule has 0 unspecified atom stereocenters. The van der Waals surface area contributed by atoms with Crippen molar-refractivity contribution in [3.05, 3.63) is 54.1 Å². The minimum Gasteiger partial charge on any atom is -0.497 e. The third-order valence-electron chi connectivity index (χ3n) is 5.38. The number of piperidine rings is 1. The lowest BCUT2D eigenvalue weighted by molar-refractivity contribution is -0.133. The highest BCUT2D eigenvalue weighted by Gasteiger charge is 2.27. The normalized spacial score (nSPS) is 14.4. The molecule has 0 saturated carbocycles. The lowest BCUT2D eigenvalue weighted by Crippen LogP contribution is -2.42. The monoisotopic (exact) mass is 395 g/mol. The molecule has 0 atom stereocenters. The number of carbonyl (C=O) groups is 2. The molecule has 1 aliphatic heterocycles. The third kappa shape index (κ3) is 5.50. The summed E-state index contributed by atoms with van der Waals surface area (Å²) in [7, 11) is 5.59. The summed E-state index contributed by atoms with van der Waals surface area (Å²) in [6.07, 6.45) is 1.75. The molecule has 1 aliphatic rings. The van der Waals surface area contributed by atoms with Gasteiger partial charge in [-0.3, -0.25) is 9.59 Å². The van der Waals surface area contributed by atoms with Crippen LogP contribution in [0.25, 0.3) is 0 Å². The topological polar surface area (TPSA) is 61.9 Å². The van der Waals surface area contributed by atoms with Gasteiger partial charge in [-0.25, -0.2) is 0 Å². The quantitative estimate of drug-likeness (QED) is 0.816. The average Bonchev–Trinajstić information content (AvgIpc) is 2.74. The zero-order valence-corrected chi connectivity index (χ0v) is 17.4. The van der Waals surface area contributed by atoms with Crippen molar-refractivity contribution in [2.24, 2.45) is 5.92 Å². The Kier molecular flexibility index (Phi) is 6.75. The SMILES string of the molecule is COc1ccc(CC(=O)N2CCC(C(=O)Nc3ccc(N(C)C)cc3)CC2)cc1. The first-order chi connectivity index (χ1) is 14.0. The highest BCUT2D eigenvalue weighted by atomic mass is 16.5. The predicted molar refractivity (Wildman–Crippen MR) is 115 cm³/mol. The van der Waals surface area contributed by atoms with Crippen LogP contribution in [-0.4, -0.2) is 51.0 Å². The summed E-state index contributed by atoms with van der Waals surface area (Å²) in [6, 6.07) is 15.4. The van der Waals surface area contributed by atoms with Crippen LogP contribution in [0.4, 0.5) is 11.4 Å². The van der Waals surface area contributed by atoms with E-state index in [1.54, 1.807) is 7.11 Å². The van der Waals surface area contributed by atoms with E-state index >= 15 is 0 Å². The van der Waals surface area contributed by atoms with Gasteiger partial charge in [0.05, 0.1) is 13.5 Å². The number of benzene rings is 2. The Morgan fingerprint density at radius 2 is 1.66 bits per heavy atom. The van der Waals surface area contributed by atoms with Gasteiger partial charge in [0.1, 0.15) is 5.75 Å². The van der Waals surface area contributed by atoms with Crippen molar-refractivity contribution < 1.29 is 14.3 Å². The van der Waals surface area contributed by atoms with Gasteiger partial charge in [0.25, 0.3) is 0 Å². The first-order valence-electron chi connectivity index (χ1n) is 9.95. The summed E-state index contributed by atoms with van der Waals surface area (Å²) >= 11 is 0. The number of nitrogens with one attached hydrogen (secondary N) is 1. The van der Waals surface area contributed by atoms with E-state index in [4.69, 9.17) is 4.74 Å². The van der Waals surface area contributed by atoms with Gasteiger partial charge in [-0.1, -0.05) is 12.1 Å². The fourth-order valence-electron chi connectivity index (χ4n) is 3.51. The zero-order chi connectivity index (χ0) is 20.8. The molecule has 0 aliphatic carbocycles. The second-order valence-electron chi connectivity index (χ2n) is 7.61. The Morgan fingerprint density at radius 3 is 2.21 bits per heavy atom. The predicted octanol–water partition coefficient (Wildman–Crippen LogP) is 3.18. The first-order valence-corrected chi connectivity index (χ1v) is 9.95. The molecule has 3 rings (SSSR count). The lowest BCUT2D eigenvalue weighted by Gasteiger charge is -2.31. The Labute approximate surface area is 172 Å². The van der Waals surface area contributed by atoms with Gasteiger partial charge in [0, 0.05) is 44.5 Å². The van der Waals surface area contributed by atoms with Crippen LogP contribution >= 0.6 is 0 Å². The smallest absolute Gasteiger partial charge is 0.227 e. The Hall–Kier alpha value is -3.02. The van der Waals surface area contributed by atoms with Crippen LogP contribution < -0.4 is 15.0 Å². The third-order valence-corrected chi connectivity index (χ3v) is 5.38. The van der Waals surface area contributed by atoms with E-state index in [1.807, 2.05) is 72.4 Å². The number of carbonyl (C=O) groups excluding carboxylic acids is 2. The summed E-state index contributed by atoms with van der Waals surface area (Å²) in [5.41, 5.74) is 2.86. The van der Waals surface area contributed by atoms with Crippen LogP contribution in [0.5, 0.6) is 5.75 Å². The van der Waals surface area contributed by atoms with Crippen LogP contribution in [0.3, 0.4) is 0 Å². The number of hydrogen-bond donors (Lipinski definition) is 1. The van der Waals surface area contributed by atoms with Crippen molar-refractivity contribution in [1.82, 2.24) is 4.90 Å². The summed E-state index contributed by atoms with van der Waals surface area (Å²) in [5, 5.41) is 3.00. The molecular formula is C23H29N3O3. The molecule has 1 N–H and O–H groups in total. The summed E-state index contributed by atoms with van der Waals surface area (Å²) in [6.45, 7) is 1.24. The number of anilines is 2. The molecule has 0 spiro atoms. The van der Waals surface area contributed by atoms with Gasteiger partial charge in [-0.15, -0.1) is 0 Å². The molecule has 29 heavy (non-hydrogen) atoms. The largest absolute Gasteiger partial charge is 0.497 e. The van der Waals surface area contributed by atoms with Crippen molar-refractivity contribution in [2.45, 2.75) is 19.3 Å². The van der Waals surface area contributed by atoms with Crippen molar-refractivity contribution in [3.63, 3.8) is 0 Å². The van der Waals surface area contributed by atoms with Crippen molar-refractivity contribution >= 4 is 23.2 Å². The van der Waals surface area contributed by atoms with Gasteiger partial charge in [0.15, 0.2) is 0 Å². The second-order valence-corrected chi connectivity index (χ2v) is 7.61. The minimum atomic E-state index is -0.0615. The molecule has 154 valence electrons. The lowest BCUT2D eigenvalue weighted by atomic mass is 9.95. The fourth-order valence-corrected chi connectivity index (χ4v) is 3.51. The van der Waals surface area contributed by atoms with E-state index < -0.39 is 0 Å². The maximum absolute atomic E-state index is 12.6. The molecule has 2 amide bonds. The van der Waals surface area contributed by atoms with Crippen LogP contribution in [0.1, 0.15) is 18.4 Å². The van der Waals surface area contributed by atoms with Gasteiger partial charge < -0.3 is 19.9 Å². The highest BCUT2D eigenvalue weighted by Crippen LogP contribution is 2.22. The summed E-state index contributed by atoms with van der Waals surface area (Å²) in [5.74, 6) is 0.857. The van der Waals surface area contributed by atoms with Crippen molar-refractivity contribution in [1.29, 1.82) is 0 Å². The Morgan fingerprint density at radius 1 is 1.03 bits per heavy atom. The Balaban J connectivity index is 1.47. The molecule has 6 heteroatoms. The summed E-state index contributed by atoms with van der Waals surface area (Å²) < 4.78 is 5.15. The van der Waals surface area contributed by atoms with Crippen LogP contribution in [-0.2, 0) is 16.0 Å². The second kappa shape index (κ2) is 9.45. The highest BCUT2D eigenvalue weighted by molar-refractivity contribution is 5.93. The number of rotatable bonds is 6. The van der Waals surface area contributed by atoms with Gasteiger partial charge in [-0.2, -0.15) is 0 Å². The Bertz CT molecular complexity index is 823. The molecule has 6 nitrogen and oxygen atoms in total. The molecule has 0 radical (unpaired) electrons. The molecular weight excluding hydrogens is 366 g/mol. The van der Waals surface area contributed by atoms with E-state index in [-0.39, 0.29) is 17.7 Å². The van der Waals surface area contributed by atoms with Gasteiger partial charge in [-0.05, 0) is 54.8 Å². The number of amides is 2. The van der Waals surface area contributed by atoms with E-state index in [1.165, 1.54) is 0 Å². The first kappa shape index (κ1) is 20.7. The number of nitrogens with zero attached hydrogens (tertiary/aromatic N) is 2. The number of hydrogen-bond acceptors (Lipinski definition) is 4. The molecule has 0 bridgehead atoms. The van der Waals surface area contributed by atoms with Crippen molar-refractivity contribution in [3.8, 4) is 5.75 Å². The average molecular weight is 396 g/mol. The zero-order valence-electron chi connectivity index (χ0n) is 17.4. The van der Waals surface area contributed by atoms with Gasteiger partial charge in [0.2, 0.25) is 11.8 Å². The van der Waals surface area contributed by atoms with Crippen LogP contribution in [0.2, 0.25) is 0 Å². The van der Waals surface area contributed by atoms with E-state index in [9.17, 15) is 9.59 Å². The van der Waals surface area contributed by atoms with Crippen molar-refractivity contribution in [2.75, 3.05) is 44.5 Å². The maximum Gasteiger partial charge on any atom is 0.227 e. The number of ether oxygens (including phenoxy) is 1. The molecule has 1 heterocycles. The standard InChI is InChI=1S/C23H29N3O3/c1-25(2)20-8-6-19(7-9-20)24-23(28)18-12-14-26(15-13-18)22(27)16-17-4-10-21(29-3)11-5-17/h4-11,18H,12-16H2,1-3H3,(H,24,28). The van der Waals surface area contributed by atoms with E-state index in [0.717, 1.165) is 22.7 Å². The minimum absolute atomic E-state index is 0.0323. The summed E-state index contributed by atoms with van der Waals surface area (Å²) in [4.78, 5) is 29.0. The molecule has 1 saturated heterocycles. The van der Waals surface area contributed by atoms with Crippen LogP contribution in [0.15, 0.2) is 48.5 Å². The molecule has 0 aromatic heterocycles. The molecule has 1 fully saturated rings. The van der Waals surface area contributed by atoms with E-state index in [2.05, 4.69) is 5.32 Å². The van der Waals surface area contributed by atoms with E-state index in [0.29, 0.717) is 32.4 Å². The van der Waals surface area contributed by atoms with Gasteiger partial charge >= 0.3 is 0 Å². The maximum atomic E-state index is 12.6. The molecule has 2 aromatic rings. The van der Waals surface area contributed by atoms with Crippen LogP contribution in [0, 0.1) is 5.92 Å². The number of likely N-dealkylation sites (tertiary alicyclic amines) is 1.